The normalized spacial score (nSPS) is 10.3. The fourth-order valence-corrected chi connectivity index (χ4v) is 2.89. The van der Waals surface area contributed by atoms with E-state index < -0.39 is 0 Å². The van der Waals surface area contributed by atoms with Crippen LogP contribution in [0.4, 0.5) is 17.1 Å². The quantitative estimate of drug-likeness (QED) is 0.390. The largest absolute Gasteiger partial charge is 0.491 e. The molecule has 0 spiro atoms. The first-order valence-corrected chi connectivity index (χ1v) is 10.4. The second-order valence-corrected chi connectivity index (χ2v) is 6.87. The third-order valence-corrected chi connectivity index (χ3v) is 4.45. The molecule has 0 aromatic heterocycles. The van der Waals surface area contributed by atoms with E-state index in [9.17, 15) is 9.59 Å². The van der Waals surface area contributed by atoms with Crippen molar-refractivity contribution in [1.29, 1.82) is 0 Å². The van der Waals surface area contributed by atoms with Crippen LogP contribution in [0.25, 0.3) is 0 Å². The lowest BCUT2D eigenvalue weighted by Gasteiger charge is -2.11. The molecule has 0 aliphatic rings. The monoisotopic (exact) mass is 433 g/mol. The molecule has 0 heterocycles. The highest BCUT2D eigenvalue weighted by atomic mass is 16.5. The van der Waals surface area contributed by atoms with Crippen molar-refractivity contribution in [3.8, 4) is 5.75 Å². The average molecular weight is 434 g/mol. The summed E-state index contributed by atoms with van der Waals surface area (Å²) in [5.74, 6) is 0.337. The maximum absolute atomic E-state index is 12.3. The topological polar surface area (TPSA) is 88.7 Å². The summed E-state index contributed by atoms with van der Waals surface area (Å²) >= 11 is 0. The fourth-order valence-electron chi connectivity index (χ4n) is 2.89. The Hall–Kier alpha value is -3.84. The van der Waals surface area contributed by atoms with Crippen LogP contribution in [0, 0.1) is 0 Å². The Morgan fingerprint density at radius 2 is 1.50 bits per heavy atom. The molecule has 0 aliphatic heterocycles. The number of amides is 2. The van der Waals surface area contributed by atoms with Crippen molar-refractivity contribution in [3.63, 3.8) is 0 Å². The van der Waals surface area contributed by atoms with Gasteiger partial charge in [0.25, 0.3) is 5.91 Å². The molecule has 3 aromatic rings. The predicted molar refractivity (Wildman–Crippen MR) is 126 cm³/mol. The maximum Gasteiger partial charge on any atom is 0.255 e. The highest BCUT2D eigenvalue weighted by molar-refractivity contribution is 6.04. The molecule has 7 nitrogen and oxygen atoms in total. The van der Waals surface area contributed by atoms with E-state index >= 15 is 0 Å². The molecule has 0 unspecified atom stereocenters. The molecular weight excluding hydrogens is 406 g/mol. The van der Waals surface area contributed by atoms with Crippen LogP contribution in [0.3, 0.4) is 0 Å². The molecule has 0 saturated carbocycles. The summed E-state index contributed by atoms with van der Waals surface area (Å²) in [6.07, 6.45) is 0. The molecule has 2 amide bonds. The van der Waals surface area contributed by atoms with Gasteiger partial charge in [-0.15, -0.1) is 0 Å². The Morgan fingerprint density at radius 1 is 0.781 bits per heavy atom. The molecule has 7 heteroatoms. The van der Waals surface area contributed by atoms with Crippen molar-refractivity contribution < 1.29 is 19.1 Å². The summed E-state index contributed by atoms with van der Waals surface area (Å²) in [6.45, 7) is 3.75. The van der Waals surface area contributed by atoms with E-state index in [0.29, 0.717) is 36.8 Å². The van der Waals surface area contributed by atoms with Gasteiger partial charge in [0.15, 0.2) is 0 Å². The van der Waals surface area contributed by atoms with E-state index in [4.69, 9.17) is 9.47 Å². The van der Waals surface area contributed by atoms with Crippen LogP contribution < -0.4 is 20.7 Å². The van der Waals surface area contributed by atoms with E-state index in [1.807, 2.05) is 49.4 Å². The van der Waals surface area contributed by atoms with Crippen molar-refractivity contribution in [1.82, 2.24) is 0 Å². The predicted octanol–water partition coefficient (Wildman–Crippen LogP) is 4.40. The summed E-state index contributed by atoms with van der Waals surface area (Å²) in [4.78, 5) is 24.6. The van der Waals surface area contributed by atoms with Crippen molar-refractivity contribution in [2.75, 3.05) is 42.3 Å². The molecule has 0 aliphatic carbocycles. The Bertz CT molecular complexity index is 1010. The maximum atomic E-state index is 12.3. The summed E-state index contributed by atoms with van der Waals surface area (Å²) in [6, 6.07) is 23.4. The van der Waals surface area contributed by atoms with E-state index in [1.54, 1.807) is 36.4 Å². The van der Waals surface area contributed by atoms with Crippen LogP contribution >= 0.6 is 0 Å². The minimum Gasteiger partial charge on any atom is -0.491 e. The van der Waals surface area contributed by atoms with Crippen LogP contribution in [0.15, 0.2) is 78.9 Å². The van der Waals surface area contributed by atoms with Crippen molar-refractivity contribution >= 4 is 28.9 Å². The van der Waals surface area contributed by atoms with Gasteiger partial charge in [0, 0.05) is 29.2 Å². The van der Waals surface area contributed by atoms with Gasteiger partial charge >= 0.3 is 0 Å². The fraction of sp³-hybridized carbons (Fsp3) is 0.200. The summed E-state index contributed by atoms with van der Waals surface area (Å²) in [5.41, 5.74) is 2.57. The van der Waals surface area contributed by atoms with Crippen molar-refractivity contribution in [3.05, 3.63) is 84.4 Å². The number of hydrogen-bond donors (Lipinski definition) is 3. The zero-order chi connectivity index (χ0) is 22.6. The number of ether oxygens (including phenoxy) is 2. The number of hydrogen-bond acceptors (Lipinski definition) is 5. The lowest BCUT2D eigenvalue weighted by Crippen LogP contribution is -2.21. The molecule has 0 saturated heterocycles. The molecule has 3 rings (SSSR count). The number of anilines is 3. The zero-order valence-corrected chi connectivity index (χ0v) is 18.0. The smallest absolute Gasteiger partial charge is 0.255 e. The Kier molecular flexibility index (Phi) is 8.65. The van der Waals surface area contributed by atoms with E-state index in [1.165, 1.54) is 0 Å². The summed E-state index contributed by atoms with van der Waals surface area (Å²) < 4.78 is 10.8. The minimum atomic E-state index is -0.207. The molecule has 0 radical (unpaired) electrons. The van der Waals surface area contributed by atoms with Crippen molar-refractivity contribution in [2.45, 2.75) is 6.92 Å². The Balaban J connectivity index is 1.46. The van der Waals surface area contributed by atoms with Gasteiger partial charge in [0.1, 0.15) is 12.4 Å². The first kappa shape index (κ1) is 22.8. The first-order valence-electron chi connectivity index (χ1n) is 10.4. The standard InChI is InChI=1S/C25H27N3O4/c1-2-31-15-16-32-23-13-11-20(12-14-23)26-18-24(29)27-21-9-6-10-22(17-21)28-25(30)19-7-4-3-5-8-19/h3-14,17,26H,2,15-16,18H2,1H3,(H,27,29)(H,28,30). The van der Waals surface area contributed by atoms with E-state index in [0.717, 1.165) is 11.4 Å². The van der Waals surface area contributed by atoms with Gasteiger partial charge < -0.3 is 25.4 Å². The SMILES string of the molecule is CCOCCOc1ccc(NCC(=O)Nc2cccc(NC(=O)c3ccccc3)c2)cc1. The molecule has 3 N–H and O–H groups in total. The Labute approximate surface area is 187 Å². The van der Waals surface area contributed by atoms with Crippen LogP contribution in [0.1, 0.15) is 17.3 Å². The zero-order valence-electron chi connectivity index (χ0n) is 18.0. The van der Waals surface area contributed by atoms with Crippen LogP contribution in [0.5, 0.6) is 5.75 Å². The first-order chi connectivity index (χ1) is 15.6. The summed E-state index contributed by atoms with van der Waals surface area (Å²) in [7, 11) is 0. The van der Waals surface area contributed by atoms with Gasteiger partial charge in [0.2, 0.25) is 5.91 Å². The lowest BCUT2D eigenvalue weighted by atomic mass is 10.2. The van der Waals surface area contributed by atoms with Crippen LogP contribution in [-0.4, -0.2) is 38.2 Å². The van der Waals surface area contributed by atoms with Crippen molar-refractivity contribution in [2.24, 2.45) is 0 Å². The number of benzene rings is 3. The second-order valence-electron chi connectivity index (χ2n) is 6.87. The molecule has 0 fully saturated rings. The molecular formula is C25H27N3O4. The number of carbonyl (C=O) groups is 2. The Morgan fingerprint density at radius 3 is 2.22 bits per heavy atom. The van der Waals surface area contributed by atoms with Gasteiger partial charge in [-0.3, -0.25) is 9.59 Å². The number of nitrogens with one attached hydrogen (secondary N) is 3. The molecule has 0 bridgehead atoms. The molecule has 3 aromatic carbocycles. The van der Waals surface area contributed by atoms with Gasteiger partial charge in [-0.1, -0.05) is 24.3 Å². The molecule has 0 atom stereocenters. The number of carbonyl (C=O) groups excluding carboxylic acids is 2. The van der Waals surface area contributed by atoms with Crippen LogP contribution in [0.2, 0.25) is 0 Å². The summed E-state index contributed by atoms with van der Waals surface area (Å²) in [5, 5.41) is 8.73. The van der Waals surface area contributed by atoms with Crippen LogP contribution in [-0.2, 0) is 9.53 Å². The average Bonchev–Trinajstić information content (AvgIpc) is 2.82. The van der Waals surface area contributed by atoms with Gasteiger partial charge in [-0.05, 0) is 61.5 Å². The third kappa shape index (κ3) is 7.45. The van der Waals surface area contributed by atoms with E-state index in [-0.39, 0.29) is 18.4 Å². The molecule has 32 heavy (non-hydrogen) atoms. The third-order valence-electron chi connectivity index (χ3n) is 4.45. The van der Waals surface area contributed by atoms with E-state index in [2.05, 4.69) is 16.0 Å². The highest BCUT2D eigenvalue weighted by Gasteiger charge is 2.07. The van der Waals surface area contributed by atoms with Gasteiger partial charge in [0.05, 0.1) is 13.2 Å². The van der Waals surface area contributed by atoms with Gasteiger partial charge in [-0.25, -0.2) is 0 Å². The highest BCUT2D eigenvalue weighted by Crippen LogP contribution is 2.17. The number of rotatable bonds is 11. The minimum absolute atomic E-state index is 0.102. The molecule has 166 valence electrons. The van der Waals surface area contributed by atoms with Gasteiger partial charge in [-0.2, -0.15) is 0 Å². The lowest BCUT2D eigenvalue weighted by molar-refractivity contribution is -0.114. The second kappa shape index (κ2) is 12.1.